The Hall–Kier alpha value is -4.71. The monoisotopic (exact) mass is 608 g/mol. The van der Waals surface area contributed by atoms with Crippen LogP contribution in [-0.2, 0) is 17.3 Å². The number of phenols is 1. The van der Waals surface area contributed by atoms with Gasteiger partial charge in [0.25, 0.3) is 0 Å². The van der Waals surface area contributed by atoms with Crippen LogP contribution in [-0.4, -0.2) is 47.6 Å². The molecular formula is C32H32F4N6O2. The summed E-state index contributed by atoms with van der Waals surface area (Å²) in [6.07, 6.45) is -1.17. The molecule has 2 heterocycles. The van der Waals surface area contributed by atoms with E-state index in [0.29, 0.717) is 49.5 Å². The highest BCUT2D eigenvalue weighted by molar-refractivity contribution is 5.84. The van der Waals surface area contributed by atoms with Gasteiger partial charge in [0.15, 0.2) is 11.6 Å². The first-order valence-electron chi connectivity index (χ1n) is 14.1. The van der Waals surface area contributed by atoms with Gasteiger partial charge in [0.1, 0.15) is 5.75 Å². The van der Waals surface area contributed by atoms with Crippen LogP contribution in [0.1, 0.15) is 30.5 Å². The zero-order valence-corrected chi connectivity index (χ0v) is 24.2. The number of aromatic nitrogens is 2. The molecule has 0 bridgehead atoms. The largest absolute Gasteiger partial charge is 0.508 e. The number of benzene rings is 3. The van der Waals surface area contributed by atoms with Gasteiger partial charge in [0.05, 0.1) is 31.2 Å². The second-order valence-corrected chi connectivity index (χ2v) is 10.8. The van der Waals surface area contributed by atoms with Crippen molar-refractivity contribution in [2.24, 2.45) is 11.0 Å². The van der Waals surface area contributed by atoms with Crippen LogP contribution in [0, 0.1) is 11.7 Å². The Morgan fingerprint density at radius 2 is 1.82 bits per heavy atom. The molecule has 8 nitrogen and oxygen atoms in total. The van der Waals surface area contributed by atoms with Gasteiger partial charge in [-0.15, -0.1) is 0 Å². The number of hydrazone groups is 1. The van der Waals surface area contributed by atoms with Gasteiger partial charge < -0.3 is 20.1 Å². The molecule has 0 unspecified atom stereocenters. The first-order valence-corrected chi connectivity index (χ1v) is 14.1. The fourth-order valence-electron chi connectivity index (χ4n) is 4.88. The number of alkyl halides is 3. The fraction of sp³-hybridized carbons (Fsp3) is 0.281. The molecule has 0 atom stereocenters. The van der Waals surface area contributed by atoms with E-state index in [0.717, 1.165) is 29.5 Å². The van der Waals surface area contributed by atoms with E-state index in [1.807, 2.05) is 12.1 Å². The van der Waals surface area contributed by atoms with Gasteiger partial charge in [0.2, 0.25) is 5.95 Å². The molecule has 0 saturated carbocycles. The molecule has 0 amide bonds. The molecule has 3 aromatic carbocycles. The van der Waals surface area contributed by atoms with Crippen LogP contribution in [0.25, 0.3) is 11.1 Å². The average Bonchev–Trinajstić information content (AvgIpc) is 2.98. The van der Waals surface area contributed by atoms with Crippen molar-refractivity contribution < 1.29 is 27.4 Å². The molecule has 1 aliphatic heterocycles. The van der Waals surface area contributed by atoms with Crippen LogP contribution in [0.3, 0.4) is 0 Å². The average molecular weight is 609 g/mol. The van der Waals surface area contributed by atoms with Crippen molar-refractivity contribution in [2.75, 3.05) is 41.9 Å². The van der Waals surface area contributed by atoms with Gasteiger partial charge in [-0.1, -0.05) is 32.0 Å². The van der Waals surface area contributed by atoms with Crippen molar-refractivity contribution in [1.82, 2.24) is 9.97 Å². The van der Waals surface area contributed by atoms with E-state index in [1.165, 1.54) is 12.1 Å². The van der Waals surface area contributed by atoms with Gasteiger partial charge in [0, 0.05) is 24.5 Å². The number of aromatic hydroxyl groups is 1. The summed E-state index contributed by atoms with van der Waals surface area (Å²) in [5, 5.41) is 17.2. The van der Waals surface area contributed by atoms with Crippen LogP contribution in [0.15, 0.2) is 72.0 Å². The summed E-state index contributed by atoms with van der Waals surface area (Å²) in [5.41, 5.74) is 5.29. The van der Waals surface area contributed by atoms with Gasteiger partial charge in [-0.05, 0) is 77.1 Å². The third kappa shape index (κ3) is 7.81. The number of ether oxygens (including phenoxy) is 1. The second-order valence-electron chi connectivity index (χ2n) is 10.8. The number of phenolic OH excluding ortho intramolecular Hbond substituents is 1. The molecule has 4 aromatic rings. The smallest absolute Gasteiger partial charge is 0.416 e. The lowest BCUT2D eigenvalue weighted by Gasteiger charge is -2.27. The first kappa shape index (κ1) is 30.7. The van der Waals surface area contributed by atoms with Crippen LogP contribution in [0.4, 0.5) is 40.7 Å². The SMILES string of the molecule is CC(C)Cc1cc(Nc2cc(-c3cccc(O)c3)cc(C(F)(F)F)c2)ccc1/C=N/Nc1ncc(F)c(N2CCOCC2)n1. The third-order valence-electron chi connectivity index (χ3n) is 6.90. The van der Waals surface area contributed by atoms with Crippen molar-refractivity contribution in [3.63, 3.8) is 0 Å². The Bertz CT molecular complexity index is 1640. The summed E-state index contributed by atoms with van der Waals surface area (Å²) in [5.74, 6) is 0.0352. The molecule has 0 spiro atoms. The number of nitrogens with one attached hydrogen (secondary N) is 2. The van der Waals surface area contributed by atoms with Crippen LogP contribution in [0.5, 0.6) is 5.75 Å². The summed E-state index contributed by atoms with van der Waals surface area (Å²) in [6, 6.07) is 15.3. The van der Waals surface area contributed by atoms with Gasteiger partial charge >= 0.3 is 6.18 Å². The number of hydrogen-bond donors (Lipinski definition) is 3. The summed E-state index contributed by atoms with van der Waals surface area (Å²) < 4.78 is 61.1. The predicted molar refractivity (Wildman–Crippen MR) is 163 cm³/mol. The topological polar surface area (TPSA) is 94.9 Å². The predicted octanol–water partition coefficient (Wildman–Crippen LogP) is 7.23. The Morgan fingerprint density at radius 3 is 2.55 bits per heavy atom. The molecule has 44 heavy (non-hydrogen) atoms. The Balaban J connectivity index is 1.38. The van der Waals surface area contributed by atoms with Crippen molar-refractivity contribution >= 4 is 29.4 Å². The molecule has 1 aliphatic rings. The maximum atomic E-state index is 14.4. The molecule has 5 rings (SSSR count). The van der Waals surface area contributed by atoms with Crippen LogP contribution >= 0.6 is 0 Å². The van der Waals surface area contributed by atoms with Gasteiger partial charge in [-0.25, -0.2) is 14.8 Å². The first-order chi connectivity index (χ1) is 21.0. The molecule has 1 aromatic heterocycles. The number of anilines is 4. The molecule has 3 N–H and O–H groups in total. The van der Waals surface area contributed by atoms with Crippen LogP contribution < -0.4 is 15.6 Å². The number of hydrogen-bond acceptors (Lipinski definition) is 8. The number of rotatable bonds is 9. The van der Waals surface area contributed by atoms with Gasteiger partial charge in [-0.2, -0.15) is 23.3 Å². The minimum atomic E-state index is -4.56. The van der Waals surface area contributed by atoms with Crippen LogP contribution in [0.2, 0.25) is 0 Å². The number of morpholine rings is 1. The summed E-state index contributed by atoms with van der Waals surface area (Å²) >= 11 is 0. The maximum Gasteiger partial charge on any atom is 0.416 e. The lowest BCUT2D eigenvalue weighted by Crippen LogP contribution is -2.37. The molecule has 230 valence electrons. The maximum absolute atomic E-state index is 14.4. The number of halogens is 4. The summed E-state index contributed by atoms with van der Waals surface area (Å²) in [4.78, 5) is 10.0. The van der Waals surface area contributed by atoms with E-state index in [-0.39, 0.29) is 29.1 Å². The Morgan fingerprint density at radius 1 is 1.02 bits per heavy atom. The van der Waals surface area contributed by atoms with Crippen molar-refractivity contribution in [3.8, 4) is 16.9 Å². The standard InChI is InChI=1S/C32H32F4N6O2/c1-20(2)12-23-14-26(39-27-15-24(13-25(17-27)32(34,35)36)21-4-3-5-28(43)16-21)7-6-22(23)18-38-41-31-37-19-29(33)30(40-31)42-8-10-44-11-9-42/h3-7,13-20,39,43H,8-12H2,1-2H3,(H,37,40,41)/b38-18+. The lowest BCUT2D eigenvalue weighted by molar-refractivity contribution is -0.137. The molecule has 1 fully saturated rings. The summed E-state index contributed by atoms with van der Waals surface area (Å²) in [6.45, 7) is 6.14. The van der Waals surface area contributed by atoms with Crippen molar-refractivity contribution in [1.29, 1.82) is 0 Å². The van der Waals surface area contributed by atoms with E-state index >= 15 is 0 Å². The Labute approximate surface area is 252 Å². The minimum Gasteiger partial charge on any atom is -0.508 e. The van der Waals surface area contributed by atoms with E-state index in [2.05, 4.69) is 39.7 Å². The summed E-state index contributed by atoms with van der Waals surface area (Å²) in [7, 11) is 0. The van der Waals surface area contributed by atoms with E-state index in [1.54, 1.807) is 35.4 Å². The molecule has 12 heteroatoms. The molecular weight excluding hydrogens is 576 g/mol. The minimum absolute atomic E-state index is 0.0389. The zero-order valence-electron chi connectivity index (χ0n) is 24.2. The van der Waals surface area contributed by atoms with E-state index in [4.69, 9.17) is 4.74 Å². The quantitative estimate of drug-likeness (QED) is 0.105. The highest BCUT2D eigenvalue weighted by Crippen LogP contribution is 2.36. The molecule has 0 radical (unpaired) electrons. The number of nitrogens with zero attached hydrogens (tertiary/aromatic N) is 4. The normalized spacial score (nSPS) is 13.9. The molecule has 0 aliphatic carbocycles. The Kier molecular flexibility index (Phi) is 9.29. The third-order valence-corrected chi connectivity index (χ3v) is 6.90. The highest BCUT2D eigenvalue weighted by atomic mass is 19.4. The molecule has 1 saturated heterocycles. The fourth-order valence-corrected chi connectivity index (χ4v) is 4.88. The van der Waals surface area contributed by atoms with Crippen molar-refractivity contribution in [2.45, 2.75) is 26.4 Å². The second kappa shape index (κ2) is 13.3. The van der Waals surface area contributed by atoms with Crippen molar-refractivity contribution in [3.05, 3.63) is 89.4 Å². The highest BCUT2D eigenvalue weighted by Gasteiger charge is 2.31. The van der Waals surface area contributed by atoms with E-state index in [9.17, 15) is 22.7 Å². The lowest BCUT2D eigenvalue weighted by atomic mass is 9.97. The van der Waals surface area contributed by atoms with E-state index < -0.39 is 17.6 Å². The van der Waals surface area contributed by atoms with Gasteiger partial charge in [-0.3, -0.25) is 0 Å². The zero-order chi connectivity index (χ0) is 31.3.